The Balaban J connectivity index is 1.37. The molecule has 0 N–H and O–H groups in total. The van der Waals surface area contributed by atoms with Crippen molar-refractivity contribution in [2.75, 3.05) is 32.8 Å². The largest absolute Gasteiger partial charge is 0.490 e. The molecule has 9 heteroatoms. The van der Waals surface area contributed by atoms with Gasteiger partial charge in [-0.2, -0.15) is 0 Å². The Morgan fingerprint density at radius 2 is 1.68 bits per heavy atom. The number of benzene rings is 2. The highest BCUT2D eigenvalue weighted by molar-refractivity contribution is 9.10. The minimum Gasteiger partial charge on any atom is -0.490 e. The minimum atomic E-state index is -0.457. The van der Waals surface area contributed by atoms with Crippen LogP contribution in [0.4, 0.5) is 4.79 Å². The highest BCUT2D eigenvalue weighted by Crippen LogP contribution is 2.35. The summed E-state index contributed by atoms with van der Waals surface area (Å²) in [7, 11) is 0. The van der Waals surface area contributed by atoms with E-state index in [1.54, 1.807) is 11.0 Å². The third-order valence-corrected chi connectivity index (χ3v) is 7.87. The van der Waals surface area contributed by atoms with Crippen LogP contribution < -0.4 is 9.47 Å². The van der Waals surface area contributed by atoms with Gasteiger partial charge < -0.3 is 14.4 Å². The van der Waals surface area contributed by atoms with E-state index >= 15 is 0 Å². The molecule has 2 aromatic carbocycles. The fraction of sp³-hybridized carbons (Fsp3) is 0.414. The van der Waals surface area contributed by atoms with Crippen LogP contribution in [0.25, 0.3) is 6.08 Å². The lowest BCUT2D eigenvalue weighted by Gasteiger charge is -2.27. The summed E-state index contributed by atoms with van der Waals surface area (Å²) in [6.45, 7) is 8.28. The van der Waals surface area contributed by atoms with Crippen LogP contribution in [-0.4, -0.2) is 59.7 Å². The summed E-state index contributed by atoms with van der Waals surface area (Å²) in [5.74, 6) is 0.682. The van der Waals surface area contributed by atoms with Crippen molar-refractivity contribution in [2.24, 2.45) is 0 Å². The molecule has 2 aromatic rings. The maximum absolute atomic E-state index is 13.0. The number of halogens is 1. The second-order valence-electron chi connectivity index (χ2n) is 10.4. The van der Waals surface area contributed by atoms with Gasteiger partial charge in [0.2, 0.25) is 5.91 Å². The first-order valence-electron chi connectivity index (χ1n) is 12.8. The molecular formula is C29H33BrN2O5S. The summed E-state index contributed by atoms with van der Waals surface area (Å²) in [6, 6.07) is 13.5. The highest BCUT2D eigenvalue weighted by atomic mass is 79.9. The molecule has 0 radical (unpaired) electrons. The number of hydrogen-bond acceptors (Lipinski definition) is 6. The average molecular weight is 602 g/mol. The van der Waals surface area contributed by atoms with Crippen molar-refractivity contribution in [3.63, 3.8) is 0 Å². The van der Waals surface area contributed by atoms with Gasteiger partial charge in [-0.05, 0) is 72.3 Å². The van der Waals surface area contributed by atoms with Gasteiger partial charge in [-0.15, -0.1) is 0 Å². The second kappa shape index (κ2) is 12.4. The molecule has 0 spiro atoms. The van der Waals surface area contributed by atoms with Gasteiger partial charge in [-0.3, -0.25) is 19.3 Å². The summed E-state index contributed by atoms with van der Waals surface area (Å²) < 4.78 is 12.6. The fourth-order valence-electron chi connectivity index (χ4n) is 4.27. The van der Waals surface area contributed by atoms with E-state index in [2.05, 4.69) is 48.8 Å². The predicted octanol–water partition coefficient (Wildman–Crippen LogP) is 6.25. The number of nitrogens with zero attached hydrogens (tertiary/aromatic N) is 2. The van der Waals surface area contributed by atoms with Gasteiger partial charge in [0.05, 0.1) is 4.91 Å². The Bertz CT molecular complexity index is 1220. The molecule has 0 bridgehead atoms. The third kappa shape index (κ3) is 7.20. The van der Waals surface area contributed by atoms with Crippen molar-refractivity contribution in [3.05, 3.63) is 63.0 Å². The van der Waals surface area contributed by atoms with Crippen LogP contribution in [0.1, 0.15) is 51.2 Å². The van der Waals surface area contributed by atoms with Gasteiger partial charge in [-0.1, -0.05) is 54.9 Å². The Kier molecular flexibility index (Phi) is 9.20. The molecule has 0 saturated carbocycles. The molecule has 2 aliphatic heterocycles. The molecule has 4 rings (SSSR count). The molecule has 3 amide bonds. The smallest absolute Gasteiger partial charge is 0.294 e. The summed E-state index contributed by atoms with van der Waals surface area (Å²) in [6.07, 6.45) is 4.65. The van der Waals surface area contributed by atoms with E-state index in [0.717, 1.165) is 46.1 Å². The molecule has 2 fully saturated rings. The van der Waals surface area contributed by atoms with Gasteiger partial charge in [0.25, 0.3) is 11.1 Å². The number of imide groups is 1. The number of piperidine rings is 1. The van der Waals surface area contributed by atoms with Crippen LogP contribution in [0.3, 0.4) is 0 Å². The molecule has 202 valence electrons. The molecular weight excluding hydrogens is 568 g/mol. The van der Waals surface area contributed by atoms with E-state index in [-0.39, 0.29) is 22.8 Å². The first-order valence-corrected chi connectivity index (χ1v) is 14.4. The molecule has 2 aliphatic rings. The first-order chi connectivity index (χ1) is 18.1. The van der Waals surface area contributed by atoms with Gasteiger partial charge >= 0.3 is 0 Å². The van der Waals surface area contributed by atoms with Crippen molar-refractivity contribution in [1.29, 1.82) is 0 Å². The second-order valence-corrected chi connectivity index (χ2v) is 12.3. The molecule has 0 atom stereocenters. The summed E-state index contributed by atoms with van der Waals surface area (Å²) in [4.78, 5) is 41.2. The van der Waals surface area contributed by atoms with Crippen LogP contribution in [0.15, 0.2) is 51.8 Å². The van der Waals surface area contributed by atoms with Gasteiger partial charge in [0.1, 0.15) is 31.3 Å². The monoisotopic (exact) mass is 600 g/mol. The van der Waals surface area contributed by atoms with Crippen molar-refractivity contribution >= 4 is 50.8 Å². The first kappa shape index (κ1) is 28.2. The maximum Gasteiger partial charge on any atom is 0.294 e. The number of likely N-dealkylation sites (tertiary alicyclic amines) is 1. The quantitative estimate of drug-likeness (QED) is 0.263. The standard InChI is InChI=1S/C29H33BrN2O5S/c1-29(2,3)21-8-11-23(12-9-21)36-15-16-37-24-18-22(30)10-7-20(24)17-25-27(34)32(28(35)38-25)19-26(33)31-13-5-4-6-14-31/h7-12,17-18H,4-6,13-16,19H2,1-3H3/b25-17-. The maximum atomic E-state index is 13.0. The zero-order chi connectivity index (χ0) is 27.3. The van der Waals surface area contributed by atoms with E-state index in [4.69, 9.17) is 9.47 Å². The summed E-state index contributed by atoms with van der Waals surface area (Å²) in [5, 5.41) is -0.433. The molecule has 2 saturated heterocycles. The Labute approximate surface area is 236 Å². The van der Waals surface area contributed by atoms with Gasteiger partial charge in [-0.25, -0.2) is 0 Å². The third-order valence-electron chi connectivity index (χ3n) is 6.47. The molecule has 0 unspecified atom stereocenters. The topological polar surface area (TPSA) is 76.2 Å². The zero-order valence-electron chi connectivity index (χ0n) is 22.0. The number of ether oxygens (including phenoxy) is 2. The van der Waals surface area contributed by atoms with Crippen molar-refractivity contribution in [1.82, 2.24) is 9.80 Å². The predicted molar refractivity (Wildman–Crippen MR) is 153 cm³/mol. The number of hydrogen-bond donors (Lipinski definition) is 0. The fourth-order valence-corrected chi connectivity index (χ4v) is 5.44. The van der Waals surface area contributed by atoms with Crippen molar-refractivity contribution in [3.8, 4) is 11.5 Å². The van der Waals surface area contributed by atoms with E-state index in [1.165, 1.54) is 5.56 Å². The summed E-state index contributed by atoms with van der Waals surface area (Å²) >= 11 is 4.31. The SMILES string of the molecule is CC(C)(C)c1ccc(OCCOc2cc(Br)ccc2/C=C2\SC(=O)N(CC(=O)N3CCCCC3)C2=O)cc1. The van der Waals surface area contributed by atoms with Crippen LogP contribution in [0.2, 0.25) is 0 Å². The number of carbonyl (C=O) groups excluding carboxylic acids is 3. The van der Waals surface area contributed by atoms with Crippen LogP contribution in [0, 0.1) is 0 Å². The van der Waals surface area contributed by atoms with Crippen molar-refractivity contribution < 1.29 is 23.9 Å². The van der Waals surface area contributed by atoms with Gasteiger partial charge in [0, 0.05) is 23.1 Å². The summed E-state index contributed by atoms with van der Waals surface area (Å²) in [5.41, 5.74) is 1.98. The van der Waals surface area contributed by atoms with Crippen LogP contribution in [0.5, 0.6) is 11.5 Å². The molecule has 7 nitrogen and oxygen atoms in total. The van der Waals surface area contributed by atoms with E-state index in [1.807, 2.05) is 30.3 Å². The zero-order valence-corrected chi connectivity index (χ0v) is 24.4. The molecule has 38 heavy (non-hydrogen) atoms. The van der Waals surface area contributed by atoms with E-state index < -0.39 is 11.1 Å². The van der Waals surface area contributed by atoms with E-state index in [9.17, 15) is 14.4 Å². The number of thioether (sulfide) groups is 1. The lowest BCUT2D eigenvalue weighted by molar-refractivity contribution is -0.136. The lowest BCUT2D eigenvalue weighted by Crippen LogP contribution is -2.44. The Morgan fingerprint density at radius 1 is 1.00 bits per heavy atom. The number of amides is 3. The minimum absolute atomic E-state index is 0.0801. The Hall–Kier alpha value is -2.78. The molecule has 0 aromatic heterocycles. The molecule has 0 aliphatic carbocycles. The van der Waals surface area contributed by atoms with E-state index in [0.29, 0.717) is 37.6 Å². The Morgan fingerprint density at radius 3 is 2.37 bits per heavy atom. The molecule has 2 heterocycles. The lowest BCUT2D eigenvalue weighted by atomic mass is 9.87. The number of rotatable bonds is 8. The normalized spacial score (nSPS) is 17.3. The van der Waals surface area contributed by atoms with Crippen LogP contribution in [-0.2, 0) is 15.0 Å². The van der Waals surface area contributed by atoms with Crippen LogP contribution >= 0.6 is 27.7 Å². The average Bonchev–Trinajstić information content (AvgIpc) is 3.15. The highest BCUT2D eigenvalue weighted by Gasteiger charge is 2.37. The number of carbonyl (C=O) groups is 3. The van der Waals surface area contributed by atoms with Gasteiger partial charge in [0.15, 0.2) is 0 Å². The van der Waals surface area contributed by atoms with Crippen molar-refractivity contribution in [2.45, 2.75) is 45.4 Å².